The fourth-order valence-electron chi connectivity index (χ4n) is 1.02. The SMILES string of the molecule is CC(C)OC(=O)Cn1cc(Cl)c([N+](=O)[O-])n1. The molecule has 1 rings (SSSR count). The van der Waals surface area contributed by atoms with E-state index in [1.54, 1.807) is 13.8 Å². The van der Waals surface area contributed by atoms with Gasteiger partial charge in [-0.2, -0.15) is 4.68 Å². The van der Waals surface area contributed by atoms with E-state index in [9.17, 15) is 14.9 Å². The van der Waals surface area contributed by atoms with Crippen LogP contribution in [0.25, 0.3) is 0 Å². The number of hydrogen-bond donors (Lipinski definition) is 0. The standard InChI is InChI=1S/C8H10ClN3O4/c1-5(2)16-7(13)4-11-3-6(9)8(10-11)12(14)15/h3,5H,4H2,1-2H3. The molecule has 0 bridgehead atoms. The van der Waals surface area contributed by atoms with E-state index < -0.39 is 16.7 Å². The van der Waals surface area contributed by atoms with Gasteiger partial charge >= 0.3 is 11.8 Å². The van der Waals surface area contributed by atoms with Crippen molar-refractivity contribution >= 4 is 23.4 Å². The van der Waals surface area contributed by atoms with Crippen molar-refractivity contribution in [2.24, 2.45) is 0 Å². The predicted octanol–water partition coefficient (Wildman–Crippen LogP) is 1.40. The van der Waals surface area contributed by atoms with Crippen LogP contribution in [0.3, 0.4) is 0 Å². The van der Waals surface area contributed by atoms with Gasteiger partial charge in [0.05, 0.1) is 17.4 Å². The van der Waals surface area contributed by atoms with Crippen LogP contribution in [-0.4, -0.2) is 26.8 Å². The molecule has 0 atom stereocenters. The van der Waals surface area contributed by atoms with Crippen LogP contribution in [0.4, 0.5) is 5.82 Å². The van der Waals surface area contributed by atoms with E-state index in [2.05, 4.69) is 5.10 Å². The third-order valence-corrected chi connectivity index (χ3v) is 1.80. The monoisotopic (exact) mass is 247 g/mol. The lowest BCUT2D eigenvalue weighted by molar-refractivity contribution is -0.389. The first-order valence-corrected chi connectivity index (χ1v) is 4.84. The Morgan fingerprint density at radius 3 is 2.81 bits per heavy atom. The summed E-state index contributed by atoms with van der Waals surface area (Å²) in [7, 11) is 0. The second-order valence-electron chi connectivity index (χ2n) is 3.29. The molecule has 1 aromatic heterocycles. The Balaban J connectivity index is 2.72. The highest BCUT2D eigenvalue weighted by molar-refractivity contribution is 6.32. The summed E-state index contributed by atoms with van der Waals surface area (Å²) in [6, 6.07) is 0. The first-order valence-electron chi connectivity index (χ1n) is 4.47. The van der Waals surface area contributed by atoms with Gasteiger partial charge in [0.15, 0.2) is 11.6 Å². The fraction of sp³-hybridized carbons (Fsp3) is 0.500. The van der Waals surface area contributed by atoms with E-state index in [0.29, 0.717) is 0 Å². The molecule has 1 heterocycles. The zero-order valence-electron chi connectivity index (χ0n) is 8.71. The summed E-state index contributed by atoms with van der Waals surface area (Å²) >= 11 is 5.55. The number of carbonyl (C=O) groups excluding carboxylic acids is 1. The summed E-state index contributed by atoms with van der Waals surface area (Å²) < 4.78 is 5.93. The molecule has 0 aromatic carbocycles. The zero-order chi connectivity index (χ0) is 12.3. The van der Waals surface area contributed by atoms with Crippen molar-refractivity contribution in [3.63, 3.8) is 0 Å². The van der Waals surface area contributed by atoms with Crippen LogP contribution in [0.2, 0.25) is 5.02 Å². The summed E-state index contributed by atoms with van der Waals surface area (Å²) in [6.07, 6.45) is 0.967. The molecule has 0 saturated carbocycles. The van der Waals surface area contributed by atoms with E-state index in [0.717, 1.165) is 4.68 Å². The molecule has 0 unspecified atom stereocenters. The molecule has 16 heavy (non-hydrogen) atoms. The quantitative estimate of drug-likeness (QED) is 0.456. The molecule has 88 valence electrons. The maximum absolute atomic E-state index is 11.2. The van der Waals surface area contributed by atoms with Gasteiger partial charge in [-0.25, -0.2) is 4.79 Å². The average molecular weight is 248 g/mol. The van der Waals surface area contributed by atoms with Crippen molar-refractivity contribution in [2.45, 2.75) is 26.5 Å². The molecule has 0 aliphatic rings. The summed E-state index contributed by atoms with van der Waals surface area (Å²) in [5.41, 5.74) is 0. The Labute approximate surface area is 96.1 Å². The minimum atomic E-state index is -0.716. The van der Waals surface area contributed by atoms with Crippen molar-refractivity contribution < 1.29 is 14.5 Å². The van der Waals surface area contributed by atoms with Crippen LogP contribution in [-0.2, 0) is 16.1 Å². The molecule has 8 heteroatoms. The molecule has 0 fully saturated rings. The molecule has 0 radical (unpaired) electrons. The minimum absolute atomic E-state index is 0.109. The van der Waals surface area contributed by atoms with Gasteiger partial charge in [0, 0.05) is 0 Å². The number of halogens is 1. The number of nitro groups is 1. The fourth-order valence-corrected chi connectivity index (χ4v) is 1.24. The number of aromatic nitrogens is 2. The van der Waals surface area contributed by atoms with E-state index in [1.807, 2.05) is 0 Å². The summed E-state index contributed by atoms with van der Waals surface area (Å²) in [5.74, 6) is -0.997. The van der Waals surface area contributed by atoms with Crippen molar-refractivity contribution in [3.05, 3.63) is 21.3 Å². The maximum Gasteiger partial charge on any atom is 0.408 e. The van der Waals surface area contributed by atoms with Crippen molar-refractivity contribution in [1.29, 1.82) is 0 Å². The number of carbonyl (C=O) groups is 1. The second kappa shape index (κ2) is 4.93. The Hall–Kier alpha value is -1.63. The molecule has 7 nitrogen and oxygen atoms in total. The number of hydrogen-bond acceptors (Lipinski definition) is 5. The van der Waals surface area contributed by atoms with E-state index in [-0.39, 0.29) is 17.7 Å². The van der Waals surface area contributed by atoms with Crippen LogP contribution >= 0.6 is 11.6 Å². The van der Waals surface area contributed by atoms with Gasteiger partial charge in [0.25, 0.3) is 0 Å². The lowest BCUT2D eigenvalue weighted by atomic mass is 10.5. The first kappa shape index (κ1) is 12.4. The van der Waals surface area contributed by atoms with Gasteiger partial charge in [0.2, 0.25) is 0 Å². The Morgan fingerprint density at radius 2 is 2.38 bits per heavy atom. The largest absolute Gasteiger partial charge is 0.462 e. The molecule has 0 amide bonds. The van der Waals surface area contributed by atoms with Crippen LogP contribution in [0.15, 0.2) is 6.20 Å². The average Bonchev–Trinajstić information content (AvgIpc) is 2.44. The van der Waals surface area contributed by atoms with Crippen LogP contribution < -0.4 is 0 Å². The zero-order valence-corrected chi connectivity index (χ0v) is 9.47. The molecule has 1 aromatic rings. The molecular weight excluding hydrogens is 238 g/mol. The highest BCUT2D eigenvalue weighted by Gasteiger charge is 2.20. The molecule has 0 N–H and O–H groups in total. The number of ether oxygens (including phenoxy) is 1. The third-order valence-electron chi connectivity index (χ3n) is 1.53. The Kier molecular flexibility index (Phi) is 3.83. The normalized spacial score (nSPS) is 10.5. The minimum Gasteiger partial charge on any atom is -0.462 e. The van der Waals surface area contributed by atoms with E-state index in [4.69, 9.17) is 16.3 Å². The Morgan fingerprint density at radius 1 is 1.75 bits per heavy atom. The van der Waals surface area contributed by atoms with Gasteiger partial charge in [-0.15, -0.1) is 0 Å². The summed E-state index contributed by atoms with van der Waals surface area (Å²) in [5, 5.41) is 13.9. The molecule has 0 aliphatic heterocycles. The lowest BCUT2D eigenvalue weighted by Gasteiger charge is -2.05. The van der Waals surface area contributed by atoms with Gasteiger partial charge in [-0.1, -0.05) is 11.6 Å². The third kappa shape index (κ3) is 3.20. The van der Waals surface area contributed by atoms with Gasteiger partial charge in [-0.05, 0) is 18.8 Å². The smallest absolute Gasteiger partial charge is 0.408 e. The summed E-state index contributed by atoms with van der Waals surface area (Å²) in [4.78, 5) is 20.9. The number of esters is 1. The molecular formula is C8H10ClN3O4. The molecule has 0 aliphatic carbocycles. The second-order valence-corrected chi connectivity index (χ2v) is 3.70. The predicted molar refractivity (Wildman–Crippen MR) is 55.1 cm³/mol. The van der Waals surface area contributed by atoms with Crippen molar-refractivity contribution in [2.75, 3.05) is 0 Å². The van der Waals surface area contributed by atoms with Crippen LogP contribution in [0, 0.1) is 10.1 Å². The van der Waals surface area contributed by atoms with Gasteiger partial charge in [-0.3, -0.25) is 0 Å². The maximum atomic E-state index is 11.2. The highest BCUT2D eigenvalue weighted by atomic mass is 35.5. The van der Waals surface area contributed by atoms with Crippen LogP contribution in [0.1, 0.15) is 13.8 Å². The van der Waals surface area contributed by atoms with Gasteiger partial charge in [0.1, 0.15) is 0 Å². The molecule has 0 spiro atoms. The van der Waals surface area contributed by atoms with E-state index >= 15 is 0 Å². The van der Waals surface area contributed by atoms with E-state index in [1.165, 1.54) is 6.20 Å². The molecule has 0 saturated heterocycles. The van der Waals surface area contributed by atoms with Crippen LogP contribution in [0.5, 0.6) is 0 Å². The van der Waals surface area contributed by atoms with Crippen molar-refractivity contribution in [1.82, 2.24) is 9.78 Å². The lowest BCUT2D eigenvalue weighted by Crippen LogP contribution is -2.17. The number of nitrogens with zero attached hydrogens (tertiary/aromatic N) is 3. The topological polar surface area (TPSA) is 87.3 Å². The van der Waals surface area contributed by atoms with Crippen molar-refractivity contribution in [3.8, 4) is 0 Å². The summed E-state index contributed by atoms with van der Waals surface area (Å²) in [6.45, 7) is 3.21. The first-order chi connectivity index (χ1) is 7.40. The highest BCUT2D eigenvalue weighted by Crippen LogP contribution is 2.21. The Bertz CT molecular complexity index is 415. The van der Waals surface area contributed by atoms with Gasteiger partial charge < -0.3 is 14.9 Å². The number of rotatable bonds is 4.